The van der Waals surface area contributed by atoms with Crippen LogP contribution in [0.2, 0.25) is 0 Å². The SMILES string of the molecule is CCCCOc1ccc([C@@H]2C(=O)N(C3CCCCC3)CC(=O)N2[C@@H]2CCCc3ccccc32)cc1. The predicted molar refractivity (Wildman–Crippen MR) is 137 cm³/mol. The fourth-order valence-corrected chi connectivity index (χ4v) is 6.18. The van der Waals surface area contributed by atoms with Crippen molar-refractivity contribution in [3.63, 3.8) is 0 Å². The Morgan fingerprint density at radius 3 is 2.46 bits per heavy atom. The quantitative estimate of drug-likeness (QED) is 0.463. The van der Waals surface area contributed by atoms with Crippen LogP contribution in [0.5, 0.6) is 5.75 Å². The molecule has 2 aromatic carbocycles. The van der Waals surface area contributed by atoms with Gasteiger partial charge in [0.15, 0.2) is 0 Å². The van der Waals surface area contributed by atoms with Gasteiger partial charge in [0.1, 0.15) is 18.3 Å². The van der Waals surface area contributed by atoms with Crippen LogP contribution in [0.25, 0.3) is 0 Å². The Morgan fingerprint density at radius 1 is 0.914 bits per heavy atom. The Balaban J connectivity index is 1.49. The average molecular weight is 475 g/mol. The normalized spacial score (nSPS) is 23.3. The Morgan fingerprint density at radius 2 is 1.69 bits per heavy atom. The number of benzene rings is 2. The first-order chi connectivity index (χ1) is 17.2. The molecule has 0 bridgehead atoms. The molecular formula is C30H38N2O3. The summed E-state index contributed by atoms with van der Waals surface area (Å²) >= 11 is 0. The van der Waals surface area contributed by atoms with Crippen LogP contribution in [-0.2, 0) is 16.0 Å². The van der Waals surface area contributed by atoms with Crippen LogP contribution in [0.15, 0.2) is 48.5 Å². The van der Waals surface area contributed by atoms with E-state index in [-0.39, 0.29) is 30.4 Å². The Bertz CT molecular complexity index is 1030. The smallest absolute Gasteiger partial charge is 0.250 e. The number of fused-ring (bicyclic) bond motifs is 1. The highest BCUT2D eigenvalue weighted by atomic mass is 16.5. The standard InChI is InChI=1S/C30H38N2O3/c1-2-3-20-35-25-18-16-23(17-19-25)29-30(34)31(24-12-5-4-6-13-24)21-28(33)32(29)27-15-9-11-22-10-7-8-14-26(22)27/h7-8,10,14,16-19,24,27,29H,2-6,9,11-13,15,20-21H2,1H3/t27-,29-/m1/s1. The maximum Gasteiger partial charge on any atom is 0.250 e. The summed E-state index contributed by atoms with van der Waals surface area (Å²) in [6.07, 6.45) is 10.6. The van der Waals surface area contributed by atoms with Crippen molar-refractivity contribution in [3.05, 3.63) is 65.2 Å². The number of nitrogens with zero attached hydrogens (tertiary/aromatic N) is 2. The first-order valence-corrected chi connectivity index (χ1v) is 13.6. The minimum absolute atomic E-state index is 0.0598. The first-order valence-electron chi connectivity index (χ1n) is 13.6. The zero-order valence-corrected chi connectivity index (χ0v) is 21.0. The van der Waals surface area contributed by atoms with Crippen LogP contribution in [0.4, 0.5) is 0 Å². The molecule has 5 rings (SSSR count). The third-order valence-corrected chi connectivity index (χ3v) is 8.04. The highest BCUT2D eigenvalue weighted by Crippen LogP contribution is 2.42. The number of rotatable bonds is 7. The molecule has 0 aromatic heterocycles. The number of amides is 2. The predicted octanol–water partition coefficient (Wildman–Crippen LogP) is 5.99. The minimum Gasteiger partial charge on any atom is -0.494 e. The Labute approximate surface area is 209 Å². The van der Waals surface area contributed by atoms with Gasteiger partial charge in [-0.25, -0.2) is 0 Å². The van der Waals surface area contributed by atoms with Gasteiger partial charge in [-0.15, -0.1) is 0 Å². The van der Waals surface area contributed by atoms with Crippen molar-refractivity contribution in [2.75, 3.05) is 13.2 Å². The number of unbranched alkanes of at least 4 members (excludes halogenated alkanes) is 1. The molecule has 2 fully saturated rings. The van der Waals surface area contributed by atoms with Crippen molar-refractivity contribution in [3.8, 4) is 5.75 Å². The number of carbonyl (C=O) groups excluding carboxylic acids is 2. The molecule has 0 unspecified atom stereocenters. The number of hydrogen-bond donors (Lipinski definition) is 0. The van der Waals surface area contributed by atoms with Gasteiger partial charge in [-0.05, 0) is 67.3 Å². The van der Waals surface area contributed by atoms with Crippen LogP contribution in [-0.4, -0.2) is 40.8 Å². The van der Waals surface area contributed by atoms with Crippen molar-refractivity contribution in [2.24, 2.45) is 0 Å². The summed E-state index contributed by atoms with van der Waals surface area (Å²) in [6.45, 7) is 3.04. The molecule has 186 valence electrons. The summed E-state index contributed by atoms with van der Waals surface area (Å²) in [4.78, 5) is 31.8. The molecule has 1 saturated carbocycles. The van der Waals surface area contributed by atoms with E-state index < -0.39 is 6.04 Å². The second-order valence-corrected chi connectivity index (χ2v) is 10.3. The molecule has 0 radical (unpaired) electrons. The number of piperazine rings is 1. The molecule has 5 heteroatoms. The van der Waals surface area contributed by atoms with Crippen LogP contribution in [0.1, 0.15) is 93.5 Å². The van der Waals surface area contributed by atoms with E-state index in [0.29, 0.717) is 6.61 Å². The lowest BCUT2D eigenvalue weighted by atomic mass is 9.84. The van der Waals surface area contributed by atoms with E-state index in [1.165, 1.54) is 17.5 Å². The highest BCUT2D eigenvalue weighted by molar-refractivity contribution is 5.96. The molecule has 2 aromatic rings. The van der Waals surface area contributed by atoms with Gasteiger partial charge < -0.3 is 14.5 Å². The van der Waals surface area contributed by atoms with Crippen LogP contribution < -0.4 is 4.74 Å². The lowest BCUT2D eigenvalue weighted by Crippen LogP contribution is -2.59. The lowest BCUT2D eigenvalue weighted by Gasteiger charge is -2.48. The van der Waals surface area contributed by atoms with E-state index in [9.17, 15) is 9.59 Å². The van der Waals surface area contributed by atoms with E-state index in [2.05, 4.69) is 31.2 Å². The van der Waals surface area contributed by atoms with Gasteiger partial charge in [0.2, 0.25) is 5.91 Å². The number of aryl methyl sites for hydroxylation is 1. The van der Waals surface area contributed by atoms with Crippen LogP contribution in [0, 0.1) is 0 Å². The van der Waals surface area contributed by atoms with Gasteiger partial charge in [0.25, 0.3) is 5.91 Å². The molecule has 35 heavy (non-hydrogen) atoms. The average Bonchev–Trinajstić information content (AvgIpc) is 2.90. The van der Waals surface area contributed by atoms with Crippen molar-refractivity contribution >= 4 is 11.8 Å². The van der Waals surface area contributed by atoms with E-state index >= 15 is 0 Å². The molecule has 2 aliphatic carbocycles. The number of carbonyl (C=O) groups is 2. The molecule has 2 amide bonds. The van der Waals surface area contributed by atoms with Gasteiger partial charge in [0, 0.05) is 6.04 Å². The number of ether oxygens (including phenoxy) is 1. The van der Waals surface area contributed by atoms with Crippen molar-refractivity contribution < 1.29 is 14.3 Å². The van der Waals surface area contributed by atoms with E-state index in [0.717, 1.165) is 69.1 Å². The maximum atomic E-state index is 14.1. The Kier molecular flexibility index (Phi) is 7.40. The molecule has 0 spiro atoms. The molecule has 3 aliphatic rings. The van der Waals surface area contributed by atoms with Gasteiger partial charge in [-0.3, -0.25) is 9.59 Å². The third-order valence-electron chi connectivity index (χ3n) is 8.04. The van der Waals surface area contributed by atoms with Gasteiger partial charge >= 0.3 is 0 Å². The van der Waals surface area contributed by atoms with Crippen molar-refractivity contribution in [2.45, 2.75) is 89.3 Å². The lowest BCUT2D eigenvalue weighted by molar-refractivity contribution is -0.162. The summed E-state index contributed by atoms with van der Waals surface area (Å²) in [5.74, 6) is 0.972. The third kappa shape index (κ3) is 4.96. The molecule has 5 nitrogen and oxygen atoms in total. The summed E-state index contributed by atoms with van der Waals surface area (Å²) in [7, 11) is 0. The van der Waals surface area contributed by atoms with Gasteiger partial charge in [-0.2, -0.15) is 0 Å². The van der Waals surface area contributed by atoms with Gasteiger partial charge in [0.05, 0.1) is 12.6 Å². The summed E-state index contributed by atoms with van der Waals surface area (Å²) in [5, 5.41) is 0. The highest BCUT2D eigenvalue weighted by Gasteiger charge is 2.46. The minimum atomic E-state index is -0.584. The monoisotopic (exact) mass is 474 g/mol. The summed E-state index contributed by atoms with van der Waals surface area (Å²) < 4.78 is 5.87. The summed E-state index contributed by atoms with van der Waals surface area (Å²) in [5.41, 5.74) is 3.39. The Hall–Kier alpha value is -2.82. The van der Waals surface area contributed by atoms with Gasteiger partial charge in [-0.1, -0.05) is 69.0 Å². The van der Waals surface area contributed by atoms with E-state index in [1.807, 2.05) is 34.1 Å². The van der Waals surface area contributed by atoms with Crippen LogP contribution in [0.3, 0.4) is 0 Å². The molecule has 1 saturated heterocycles. The number of hydrogen-bond acceptors (Lipinski definition) is 3. The van der Waals surface area contributed by atoms with E-state index in [4.69, 9.17) is 4.74 Å². The molecular weight excluding hydrogens is 436 g/mol. The molecule has 1 heterocycles. The van der Waals surface area contributed by atoms with Crippen molar-refractivity contribution in [1.29, 1.82) is 0 Å². The van der Waals surface area contributed by atoms with Crippen molar-refractivity contribution in [1.82, 2.24) is 9.80 Å². The molecule has 1 aliphatic heterocycles. The van der Waals surface area contributed by atoms with E-state index in [1.54, 1.807) is 0 Å². The van der Waals surface area contributed by atoms with Crippen LogP contribution >= 0.6 is 0 Å². The second kappa shape index (κ2) is 10.8. The zero-order chi connectivity index (χ0) is 24.2. The fourth-order valence-electron chi connectivity index (χ4n) is 6.18. The molecule has 2 atom stereocenters. The topological polar surface area (TPSA) is 49.9 Å². The maximum absolute atomic E-state index is 14.1. The summed E-state index contributed by atoms with van der Waals surface area (Å²) in [6, 6.07) is 15.9. The first kappa shape index (κ1) is 23.9. The largest absolute Gasteiger partial charge is 0.494 e. The molecule has 0 N–H and O–H groups in total. The zero-order valence-electron chi connectivity index (χ0n) is 21.0. The fraction of sp³-hybridized carbons (Fsp3) is 0.533. The second-order valence-electron chi connectivity index (χ2n) is 10.3.